The second kappa shape index (κ2) is 14.6. The molecule has 0 aliphatic carbocycles. The Morgan fingerprint density at radius 3 is 2.04 bits per heavy atom. The van der Waals surface area contributed by atoms with Crippen LogP contribution in [0.4, 0.5) is 0 Å². The van der Waals surface area contributed by atoms with E-state index in [1.165, 1.54) is 16.3 Å². The van der Waals surface area contributed by atoms with Gasteiger partial charge in [-0.25, -0.2) is 0 Å². The van der Waals surface area contributed by atoms with E-state index in [1.807, 2.05) is 48.3 Å². The van der Waals surface area contributed by atoms with Crippen LogP contribution in [0.15, 0.2) is 103 Å². The van der Waals surface area contributed by atoms with Gasteiger partial charge >= 0.3 is 0 Å². The second-order valence-electron chi connectivity index (χ2n) is 13.2. The molecule has 4 aromatic rings. The van der Waals surface area contributed by atoms with E-state index in [0.717, 1.165) is 82.7 Å². The molecular weight excluding hydrogens is 568 g/mol. The summed E-state index contributed by atoms with van der Waals surface area (Å²) in [4.78, 5) is 36.6. The number of fused-ring (bicyclic) bond motifs is 1. The van der Waals surface area contributed by atoms with Crippen LogP contribution in [-0.2, 0) is 10.2 Å². The zero-order valence-corrected chi connectivity index (χ0v) is 27.5. The molecule has 6 nitrogen and oxygen atoms in total. The summed E-state index contributed by atoms with van der Waals surface area (Å²) >= 11 is 0. The van der Waals surface area contributed by atoms with Gasteiger partial charge in [0.25, 0.3) is 5.91 Å². The Labute approximate surface area is 274 Å². The Hall–Kier alpha value is -4.00. The molecule has 0 spiro atoms. The standard InChI is InChI=1S/C40H48N4O2/c1-3-42-26-28-44(29-27-42)39(46)40(37-16-8-5-9-17-37)21-24-43(25-22-40)23-20-36(31-41(2)38(45)33-13-6-4-7-14-33)35-19-18-32-12-10-11-15-34(32)30-35/h4-19,30,36H,3,20-29,31H2,1-2H3. The number of benzene rings is 4. The van der Waals surface area contributed by atoms with E-state index in [2.05, 4.69) is 88.4 Å². The van der Waals surface area contributed by atoms with E-state index in [0.29, 0.717) is 12.5 Å². The van der Waals surface area contributed by atoms with Crippen molar-refractivity contribution in [2.45, 2.75) is 37.5 Å². The van der Waals surface area contributed by atoms with E-state index in [1.54, 1.807) is 0 Å². The average Bonchev–Trinajstić information content (AvgIpc) is 3.13. The van der Waals surface area contributed by atoms with Gasteiger partial charge in [0.1, 0.15) is 0 Å². The van der Waals surface area contributed by atoms with Gasteiger partial charge < -0.3 is 19.6 Å². The quantitative estimate of drug-likeness (QED) is 0.210. The molecule has 0 aromatic heterocycles. The Morgan fingerprint density at radius 1 is 0.739 bits per heavy atom. The smallest absolute Gasteiger partial charge is 0.253 e. The molecule has 240 valence electrons. The number of likely N-dealkylation sites (tertiary alicyclic amines) is 1. The van der Waals surface area contributed by atoms with Crippen LogP contribution >= 0.6 is 0 Å². The van der Waals surface area contributed by atoms with Crippen LogP contribution in [0, 0.1) is 0 Å². The highest BCUT2D eigenvalue weighted by molar-refractivity contribution is 5.94. The molecule has 2 aliphatic rings. The zero-order chi connectivity index (χ0) is 31.9. The van der Waals surface area contributed by atoms with Gasteiger partial charge in [0, 0.05) is 51.3 Å². The van der Waals surface area contributed by atoms with Crippen LogP contribution in [0.1, 0.15) is 53.6 Å². The first-order valence-corrected chi connectivity index (χ1v) is 17.1. The summed E-state index contributed by atoms with van der Waals surface area (Å²) in [5.74, 6) is 0.555. The number of carbonyl (C=O) groups excluding carboxylic acids is 2. The maximum Gasteiger partial charge on any atom is 0.253 e. The lowest BCUT2D eigenvalue weighted by molar-refractivity contribution is -0.141. The first kappa shape index (κ1) is 32.0. The van der Waals surface area contributed by atoms with Crippen LogP contribution in [0.3, 0.4) is 0 Å². The molecule has 1 atom stereocenters. The summed E-state index contributed by atoms with van der Waals surface area (Å²) in [5, 5.41) is 2.46. The molecule has 0 radical (unpaired) electrons. The fourth-order valence-electron chi connectivity index (χ4n) is 7.49. The SMILES string of the molecule is CCN1CCN(C(=O)C2(c3ccccc3)CCN(CCC(CN(C)C(=O)c3ccccc3)c3ccc4ccccc4c3)CC2)CC1. The molecule has 2 heterocycles. The van der Waals surface area contributed by atoms with Crippen molar-refractivity contribution in [1.82, 2.24) is 19.6 Å². The van der Waals surface area contributed by atoms with Crippen LogP contribution < -0.4 is 0 Å². The van der Waals surface area contributed by atoms with E-state index in [9.17, 15) is 9.59 Å². The largest absolute Gasteiger partial charge is 0.341 e. The predicted molar refractivity (Wildman–Crippen MR) is 187 cm³/mol. The van der Waals surface area contributed by atoms with Gasteiger partial charge in [-0.1, -0.05) is 97.9 Å². The molecule has 6 rings (SSSR count). The minimum Gasteiger partial charge on any atom is -0.341 e. The highest BCUT2D eigenvalue weighted by atomic mass is 16.2. The second-order valence-corrected chi connectivity index (χ2v) is 13.2. The molecule has 1 unspecified atom stereocenters. The van der Waals surface area contributed by atoms with Gasteiger partial charge in [0.15, 0.2) is 0 Å². The molecular formula is C40H48N4O2. The predicted octanol–water partition coefficient (Wildman–Crippen LogP) is 6.28. The van der Waals surface area contributed by atoms with Crippen molar-refractivity contribution in [3.05, 3.63) is 120 Å². The summed E-state index contributed by atoms with van der Waals surface area (Å²) < 4.78 is 0. The highest BCUT2D eigenvalue weighted by Gasteiger charge is 2.45. The third-order valence-electron chi connectivity index (χ3n) is 10.5. The molecule has 6 heteroatoms. The summed E-state index contributed by atoms with van der Waals surface area (Å²) in [6, 6.07) is 35.3. The van der Waals surface area contributed by atoms with E-state index in [4.69, 9.17) is 0 Å². The molecule has 2 aliphatic heterocycles. The fraction of sp³-hybridized carbons (Fsp3) is 0.400. The average molecular weight is 617 g/mol. The molecule has 2 amide bonds. The van der Waals surface area contributed by atoms with Gasteiger partial charge in [0.05, 0.1) is 5.41 Å². The Bertz CT molecular complexity index is 1590. The summed E-state index contributed by atoms with van der Waals surface area (Å²) in [6.07, 6.45) is 2.60. The van der Waals surface area contributed by atoms with Crippen molar-refractivity contribution in [2.75, 3.05) is 66.0 Å². The van der Waals surface area contributed by atoms with Crippen molar-refractivity contribution >= 4 is 22.6 Å². The summed E-state index contributed by atoms with van der Waals surface area (Å²) in [5.41, 5.74) is 2.68. The van der Waals surface area contributed by atoms with E-state index in [-0.39, 0.29) is 11.8 Å². The van der Waals surface area contributed by atoms with E-state index >= 15 is 0 Å². The lowest BCUT2D eigenvalue weighted by atomic mass is 9.71. The number of carbonyl (C=O) groups is 2. The number of piperidine rings is 1. The van der Waals surface area contributed by atoms with Gasteiger partial charge in [-0.15, -0.1) is 0 Å². The maximum atomic E-state index is 14.3. The number of hydrogen-bond donors (Lipinski definition) is 0. The topological polar surface area (TPSA) is 47.1 Å². The van der Waals surface area contributed by atoms with Crippen molar-refractivity contribution in [2.24, 2.45) is 0 Å². The van der Waals surface area contributed by atoms with Crippen LogP contribution in [0.5, 0.6) is 0 Å². The Balaban J connectivity index is 1.17. The van der Waals surface area contributed by atoms with Crippen molar-refractivity contribution in [3.8, 4) is 0 Å². The van der Waals surface area contributed by atoms with Crippen LogP contribution in [-0.4, -0.2) is 97.4 Å². The van der Waals surface area contributed by atoms with Crippen LogP contribution in [0.25, 0.3) is 10.8 Å². The molecule has 4 aromatic carbocycles. The number of nitrogens with zero attached hydrogens (tertiary/aromatic N) is 4. The molecule has 2 fully saturated rings. The lowest BCUT2D eigenvalue weighted by Crippen LogP contribution is -2.57. The number of rotatable bonds is 10. The fourth-order valence-corrected chi connectivity index (χ4v) is 7.49. The minimum atomic E-state index is -0.466. The number of amides is 2. The van der Waals surface area contributed by atoms with Gasteiger partial charge in [-0.3, -0.25) is 9.59 Å². The third-order valence-corrected chi connectivity index (χ3v) is 10.5. The highest BCUT2D eigenvalue weighted by Crippen LogP contribution is 2.38. The first-order valence-electron chi connectivity index (χ1n) is 17.1. The number of piperazine rings is 1. The molecule has 46 heavy (non-hydrogen) atoms. The van der Waals surface area contributed by atoms with Gasteiger partial charge in [-0.05, 0) is 79.5 Å². The Kier molecular flexibility index (Phi) is 10.2. The first-order chi connectivity index (χ1) is 22.5. The van der Waals surface area contributed by atoms with Crippen molar-refractivity contribution < 1.29 is 9.59 Å². The molecule has 0 N–H and O–H groups in total. The number of hydrogen-bond acceptors (Lipinski definition) is 4. The minimum absolute atomic E-state index is 0.0512. The molecule has 0 saturated carbocycles. The molecule has 2 saturated heterocycles. The monoisotopic (exact) mass is 616 g/mol. The normalized spacial score (nSPS) is 17.9. The van der Waals surface area contributed by atoms with Crippen molar-refractivity contribution in [3.63, 3.8) is 0 Å². The Morgan fingerprint density at radius 2 is 1.37 bits per heavy atom. The summed E-state index contributed by atoms with van der Waals surface area (Å²) in [6.45, 7) is 10.1. The lowest BCUT2D eigenvalue weighted by Gasteiger charge is -2.45. The van der Waals surface area contributed by atoms with Crippen LogP contribution in [0.2, 0.25) is 0 Å². The van der Waals surface area contributed by atoms with E-state index < -0.39 is 5.41 Å². The summed E-state index contributed by atoms with van der Waals surface area (Å²) in [7, 11) is 1.92. The maximum absolute atomic E-state index is 14.3. The van der Waals surface area contributed by atoms with Gasteiger partial charge in [0.2, 0.25) is 5.91 Å². The number of likely N-dealkylation sites (N-methyl/N-ethyl adjacent to an activating group) is 2. The van der Waals surface area contributed by atoms with Crippen molar-refractivity contribution in [1.29, 1.82) is 0 Å². The zero-order valence-electron chi connectivity index (χ0n) is 27.5. The third kappa shape index (κ3) is 7.03. The van der Waals surface area contributed by atoms with Gasteiger partial charge in [-0.2, -0.15) is 0 Å². The molecule has 0 bridgehead atoms.